The fourth-order valence-electron chi connectivity index (χ4n) is 1.29. The van der Waals surface area contributed by atoms with Gasteiger partial charge in [0, 0.05) is 25.0 Å². The fourth-order valence-corrected chi connectivity index (χ4v) is 2.85. The van der Waals surface area contributed by atoms with Crippen molar-refractivity contribution in [2.75, 3.05) is 13.1 Å². The molecule has 0 aromatic heterocycles. The topological polar surface area (TPSA) is 99.3 Å². The highest BCUT2D eigenvalue weighted by atomic mass is 32.2. The molecule has 7 heteroatoms. The van der Waals surface area contributed by atoms with E-state index in [-0.39, 0.29) is 24.3 Å². The minimum Gasteiger partial charge on any atom is -0.387 e. The lowest BCUT2D eigenvalue weighted by atomic mass is 10.1. The number of rotatable bonds is 7. The van der Waals surface area contributed by atoms with E-state index in [4.69, 9.17) is 11.1 Å². The van der Waals surface area contributed by atoms with E-state index >= 15 is 0 Å². The van der Waals surface area contributed by atoms with Crippen LogP contribution >= 0.6 is 0 Å². The fraction of sp³-hybridized carbons (Fsp3) is 0.889. The Kier molecular flexibility index (Phi) is 4.28. The summed E-state index contributed by atoms with van der Waals surface area (Å²) in [6, 6.07) is 0.103. The van der Waals surface area contributed by atoms with E-state index in [1.54, 1.807) is 13.8 Å². The van der Waals surface area contributed by atoms with Gasteiger partial charge in [0.2, 0.25) is 0 Å². The van der Waals surface area contributed by atoms with Gasteiger partial charge in [-0.3, -0.25) is 5.41 Å². The van der Waals surface area contributed by atoms with Crippen molar-refractivity contribution in [1.82, 2.24) is 9.03 Å². The van der Waals surface area contributed by atoms with E-state index in [1.807, 2.05) is 0 Å². The van der Waals surface area contributed by atoms with Gasteiger partial charge in [0.05, 0.1) is 5.84 Å². The van der Waals surface area contributed by atoms with E-state index in [0.29, 0.717) is 6.54 Å². The molecule has 0 aromatic carbocycles. The zero-order valence-electron chi connectivity index (χ0n) is 9.73. The van der Waals surface area contributed by atoms with Gasteiger partial charge in [0.25, 0.3) is 10.2 Å². The van der Waals surface area contributed by atoms with Crippen molar-refractivity contribution >= 4 is 16.0 Å². The van der Waals surface area contributed by atoms with Gasteiger partial charge in [-0.1, -0.05) is 13.8 Å². The maximum atomic E-state index is 11.9. The van der Waals surface area contributed by atoms with Crippen molar-refractivity contribution < 1.29 is 8.42 Å². The van der Waals surface area contributed by atoms with Crippen LogP contribution in [-0.4, -0.2) is 37.7 Å². The largest absolute Gasteiger partial charge is 0.387 e. The highest BCUT2D eigenvalue weighted by Gasteiger charge is 2.31. The second-order valence-corrected chi connectivity index (χ2v) is 5.91. The molecule has 0 heterocycles. The van der Waals surface area contributed by atoms with Crippen molar-refractivity contribution in [2.45, 2.75) is 32.7 Å². The molecular weight excluding hydrogens is 228 g/mol. The molecule has 0 radical (unpaired) electrons. The van der Waals surface area contributed by atoms with Gasteiger partial charge < -0.3 is 5.73 Å². The summed E-state index contributed by atoms with van der Waals surface area (Å²) in [5.74, 6) is -0.240. The molecule has 1 saturated carbocycles. The molecule has 1 unspecified atom stereocenters. The summed E-state index contributed by atoms with van der Waals surface area (Å²) >= 11 is 0. The van der Waals surface area contributed by atoms with Gasteiger partial charge in [-0.2, -0.15) is 17.4 Å². The van der Waals surface area contributed by atoms with Crippen LogP contribution in [0, 0.1) is 11.3 Å². The van der Waals surface area contributed by atoms with Gasteiger partial charge in [-0.25, -0.2) is 0 Å². The quantitative estimate of drug-likeness (QED) is 0.432. The van der Waals surface area contributed by atoms with Gasteiger partial charge in [-0.15, -0.1) is 0 Å². The Morgan fingerprint density at radius 2 is 2.19 bits per heavy atom. The van der Waals surface area contributed by atoms with Crippen molar-refractivity contribution in [3.8, 4) is 0 Å². The first kappa shape index (κ1) is 13.4. The molecule has 94 valence electrons. The molecule has 16 heavy (non-hydrogen) atoms. The monoisotopic (exact) mass is 248 g/mol. The molecular formula is C9H20N4O2S. The predicted molar refractivity (Wildman–Crippen MR) is 63.4 cm³/mol. The van der Waals surface area contributed by atoms with Crippen molar-refractivity contribution in [2.24, 2.45) is 11.7 Å². The Labute approximate surface area is 96.9 Å². The average Bonchev–Trinajstić information content (AvgIpc) is 2.96. The Bertz CT molecular complexity index is 351. The molecule has 0 aliphatic heterocycles. The summed E-state index contributed by atoms with van der Waals surface area (Å²) in [5, 5.41) is 7.26. The van der Waals surface area contributed by atoms with Crippen molar-refractivity contribution in [1.29, 1.82) is 5.41 Å². The Hall–Kier alpha value is -0.660. The summed E-state index contributed by atoms with van der Waals surface area (Å²) in [4.78, 5) is 0. The Balaban J connectivity index is 2.61. The molecule has 4 N–H and O–H groups in total. The molecule has 0 bridgehead atoms. The third kappa shape index (κ3) is 3.73. The SMILES string of the molecule is CCN(CC(C)C(=N)N)S(=O)(=O)NC1CC1. The van der Waals surface area contributed by atoms with Crippen LogP contribution in [0.4, 0.5) is 0 Å². The molecule has 6 nitrogen and oxygen atoms in total. The molecule has 0 saturated heterocycles. The summed E-state index contributed by atoms with van der Waals surface area (Å²) in [6.45, 7) is 4.17. The highest BCUT2D eigenvalue weighted by molar-refractivity contribution is 7.87. The van der Waals surface area contributed by atoms with Gasteiger partial charge >= 0.3 is 0 Å². The van der Waals surface area contributed by atoms with Crippen molar-refractivity contribution in [3.05, 3.63) is 0 Å². The van der Waals surface area contributed by atoms with Crippen molar-refractivity contribution in [3.63, 3.8) is 0 Å². The van der Waals surface area contributed by atoms with Crippen LogP contribution in [-0.2, 0) is 10.2 Å². The van der Waals surface area contributed by atoms with Crippen LogP contribution in [0.2, 0.25) is 0 Å². The molecule has 1 rings (SSSR count). The summed E-state index contributed by atoms with van der Waals surface area (Å²) in [5.41, 5.74) is 5.34. The lowest BCUT2D eigenvalue weighted by Crippen LogP contribution is -2.45. The van der Waals surface area contributed by atoms with Gasteiger partial charge in [0.15, 0.2) is 0 Å². The van der Waals surface area contributed by atoms with Crippen LogP contribution in [0.3, 0.4) is 0 Å². The molecule has 0 aromatic rings. The molecule has 1 atom stereocenters. The first-order valence-corrected chi connectivity index (χ1v) is 6.92. The van der Waals surface area contributed by atoms with Gasteiger partial charge in [0.1, 0.15) is 0 Å². The maximum Gasteiger partial charge on any atom is 0.279 e. The number of amidine groups is 1. The minimum absolute atomic E-state index is 0.0140. The second-order valence-electron chi connectivity index (χ2n) is 4.20. The normalized spacial score (nSPS) is 18.7. The number of nitrogens with zero attached hydrogens (tertiary/aromatic N) is 1. The van der Waals surface area contributed by atoms with Gasteiger partial charge in [-0.05, 0) is 12.8 Å². The highest BCUT2D eigenvalue weighted by Crippen LogP contribution is 2.20. The Morgan fingerprint density at radius 1 is 1.62 bits per heavy atom. The molecule has 1 aliphatic carbocycles. The van der Waals surface area contributed by atoms with Crippen LogP contribution in [0.1, 0.15) is 26.7 Å². The average molecular weight is 248 g/mol. The summed E-state index contributed by atoms with van der Waals surface area (Å²) in [6.07, 6.45) is 1.83. The summed E-state index contributed by atoms with van der Waals surface area (Å²) < 4.78 is 27.7. The molecule has 0 amide bonds. The van der Waals surface area contributed by atoms with Crippen LogP contribution in [0.25, 0.3) is 0 Å². The standard InChI is InChI=1S/C9H20N4O2S/c1-3-13(6-7(2)9(10)11)16(14,15)12-8-4-5-8/h7-8,12H,3-6H2,1-2H3,(H3,10,11). The first-order valence-electron chi connectivity index (χ1n) is 5.48. The summed E-state index contributed by atoms with van der Waals surface area (Å²) in [7, 11) is -3.41. The number of nitrogens with two attached hydrogens (primary N) is 1. The van der Waals surface area contributed by atoms with Crippen LogP contribution in [0.5, 0.6) is 0 Å². The second kappa shape index (κ2) is 5.11. The predicted octanol–water partition coefficient (Wildman–Crippen LogP) is -0.123. The lowest BCUT2D eigenvalue weighted by molar-refractivity contribution is 0.396. The molecule has 1 aliphatic rings. The van der Waals surface area contributed by atoms with E-state index in [9.17, 15) is 8.42 Å². The first-order chi connectivity index (χ1) is 7.36. The van der Waals surface area contributed by atoms with Crippen LogP contribution in [0.15, 0.2) is 0 Å². The zero-order chi connectivity index (χ0) is 12.3. The lowest BCUT2D eigenvalue weighted by Gasteiger charge is -2.23. The third-order valence-corrected chi connectivity index (χ3v) is 4.31. The molecule has 0 spiro atoms. The number of nitrogens with one attached hydrogen (secondary N) is 2. The van der Waals surface area contributed by atoms with E-state index in [0.717, 1.165) is 12.8 Å². The smallest absolute Gasteiger partial charge is 0.279 e. The third-order valence-electron chi connectivity index (χ3n) is 2.59. The zero-order valence-corrected chi connectivity index (χ0v) is 10.5. The van der Waals surface area contributed by atoms with E-state index < -0.39 is 10.2 Å². The van der Waals surface area contributed by atoms with E-state index in [2.05, 4.69) is 4.72 Å². The number of hydrogen-bond donors (Lipinski definition) is 3. The molecule has 1 fully saturated rings. The number of hydrogen-bond acceptors (Lipinski definition) is 3. The maximum absolute atomic E-state index is 11.9. The van der Waals surface area contributed by atoms with Crippen LogP contribution < -0.4 is 10.5 Å². The van der Waals surface area contributed by atoms with E-state index in [1.165, 1.54) is 4.31 Å². The minimum atomic E-state index is -3.41. The Morgan fingerprint density at radius 3 is 2.56 bits per heavy atom.